The van der Waals surface area contributed by atoms with Crippen molar-refractivity contribution in [2.45, 2.75) is 0 Å². The van der Waals surface area contributed by atoms with Crippen molar-refractivity contribution in [2.24, 2.45) is 5.92 Å². The first-order valence-electron chi connectivity index (χ1n) is 10.1. The van der Waals surface area contributed by atoms with Gasteiger partial charge in [-0.05, 0) is 42.5 Å². The molecule has 0 radical (unpaired) electrons. The van der Waals surface area contributed by atoms with Crippen LogP contribution in [0.15, 0.2) is 42.5 Å². The number of benzene rings is 2. The zero-order chi connectivity index (χ0) is 20.7. The third-order valence-corrected chi connectivity index (χ3v) is 5.92. The van der Waals surface area contributed by atoms with E-state index >= 15 is 0 Å². The second-order valence-electron chi connectivity index (χ2n) is 7.76. The fourth-order valence-electron chi connectivity index (χ4n) is 4.11. The number of amides is 2. The molecule has 2 aromatic rings. The maximum atomic E-state index is 13.1. The van der Waals surface area contributed by atoms with Gasteiger partial charge in [0, 0.05) is 50.5 Å². The summed E-state index contributed by atoms with van der Waals surface area (Å²) in [4.78, 5) is 31.2. The number of ether oxygens (including phenoxy) is 2. The van der Waals surface area contributed by atoms with Gasteiger partial charge in [-0.1, -0.05) is 0 Å². The second kappa shape index (κ2) is 7.51. The van der Waals surface area contributed by atoms with Crippen molar-refractivity contribution in [3.8, 4) is 11.5 Å². The Labute approximate surface area is 173 Å². The van der Waals surface area contributed by atoms with Crippen LogP contribution >= 0.6 is 0 Å². The molecular weight excluding hydrogens is 389 g/mol. The van der Waals surface area contributed by atoms with Crippen molar-refractivity contribution in [2.75, 3.05) is 51.0 Å². The normalized spacial score (nSPS) is 18.4. The summed E-state index contributed by atoms with van der Waals surface area (Å²) >= 11 is 0. The Kier molecular flexibility index (Phi) is 4.69. The highest BCUT2D eigenvalue weighted by molar-refractivity contribution is 5.96. The molecule has 8 heteroatoms. The first-order chi connectivity index (χ1) is 14.6. The predicted molar refractivity (Wildman–Crippen MR) is 107 cm³/mol. The van der Waals surface area contributed by atoms with E-state index in [1.54, 1.807) is 35.2 Å². The van der Waals surface area contributed by atoms with E-state index in [1.807, 2.05) is 4.90 Å². The molecule has 5 rings (SSSR count). The van der Waals surface area contributed by atoms with Gasteiger partial charge in [-0.3, -0.25) is 9.59 Å². The van der Waals surface area contributed by atoms with E-state index in [0.29, 0.717) is 56.3 Å². The van der Waals surface area contributed by atoms with Crippen LogP contribution in [0.4, 0.5) is 10.1 Å². The number of nitrogens with zero attached hydrogens (tertiary/aromatic N) is 3. The molecule has 0 aliphatic carbocycles. The van der Waals surface area contributed by atoms with Crippen LogP contribution in [-0.2, 0) is 4.79 Å². The molecule has 2 fully saturated rings. The van der Waals surface area contributed by atoms with E-state index in [9.17, 15) is 14.0 Å². The molecule has 0 atom stereocenters. The summed E-state index contributed by atoms with van der Waals surface area (Å²) in [5.41, 5.74) is 1.51. The first-order valence-corrected chi connectivity index (χ1v) is 10.1. The van der Waals surface area contributed by atoms with Crippen LogP contribution < -0.4 is 14.4 Å². The monoisotopic (exact) mass is 411 g/mol. The van der Waals surface area contributed by atoms with Gasteiger partial charge in [0.2, 0.25) is 12.7 Å². The molecule has 7 nitrogen and oxygen atoms in total. The van der Waals surface area contributed by atoms with Crippen LogP contribution in [0.3, 0.4) is 0 Å². The van der Waals surface area contributed by atoms with Crippen LogP contribution in [0.25, 0.3) is 0 Å². The molecule has 0 saturated carbocycles. The largest absolute Gasteiger partial charge is 0.454 e. The average Bonchev–Trinajstić information content (AvgIpc) is 3.21. The number of carbonyl (C=O) groups is 2. The smallest absolute Gasteiger partial charge is 0.254 e. The molecule has 3 heterocycles. The van der Waals surface area contributed by atoms with Gasteiger partial charge in [0.25, 0.3) is 5.91 Å². The molecule has 0 bridgehead atoms. The minimum absolute atomic E-state index is 0.0986. The number of halogens is 1. The van der Waals surface area contributed by atoms with Gasteiger partial charge in [0.1, 0.15) is 5.82 Å². The minimum Gasteiger partial charge on any atom is -0.454 e. The molecule has 2 aromatic carbocycles. The van der Waals surface area contributed by atoms with Gasteiger partial charge in [0.15, 0.2) is 11.5 Å². The molecule has 30 heavy (non-hydrogen) atoms. The predicted octanol–water partition coefficient (Wildman–Crippen LogP) is 1.98. The van der Waals surface area contributed by atoms with Gasteiger partial charge in [0.05, 0.1) is 5.92 Å². The van der Waals surface area contributed by atoms with Crippen LogP contribution in [0.2, 0.25) is 0 Å². The average molecular weight is 411 g/mol. The highest BCUT2D eigenvalue weighted by Crippen LogP contribution is 2.33. The Hall–Kier alpha value is -3.29. The SMILES string of the molecule is O=C(c1ccc2c(c1)OCO2)N1CC(C(=O)N2CCN(c3ccc(F)cc3)CC2)C1. The van der Waals surface area contributed by atoms with Crippen molar-refractivity contribution in [1.29, 1.82) is 0 Å². The van der Waals surface area contributed by atoms with E-state index in [4.69, 9.17) is 9.47 Å². The molecule has 0 aromatic heterocycles. The van der Waals surface area contributed by atoms with E-state index in [0.717, 1.165) is 5.69 Å². The Balaban J connectivity index is 1.13. The van der Waals surface area contributed by atoms with Gasteiger partial charge >= 0.3 is 0 Å². The Morgan fingerprint density at radius 1 is 0.867 bits per heavy atom. The standard InChI is InChI=1S/C22H22FN3O4/c23-17-2-4-18(5-3-17)24-7-9-25(10-8-24)22(28)16-12-26(13-16)21(27)15-1-6-19-20(11-15)30-14-29-19/h1-6,11,16H,7-10,12-14H2. The van der Waals surface area contributed by atoms with Crippen molar-refractivity contribution in [1.82, 2.24) is 9.80 Å². The molecule has 0 unspecified atom stereocenters. The van der Waals surface area contributed by atoms with Gasteiger partial charge in [-0.15, -0.1) is 0 Å². The van der Waals surface area contributed by atoms with Crippen molar-refractivity contribution in [3.05, 3.63) is 53.8 Å². The summed E-state index contributed by atoms with van der Waals surface area (Å²) in [6.45, 7) is 3.72. The molecule has 3 aliphatic heterocycles. The van der Waals surface area contributed by atoms with E-state index in [2.05, 4.69) is 4.90 Å². The summed E-state index contributed by atoms with van der Waals surface area (Å²) in [5.74, 6) is 0.815. The summed E-state index contributed by atoms with van der Waals surface area (Å²) in [6.07, 6.45) is 0. The zero-order valence-corrected chi connectivity index (χ0v) is 16.4. The maximum Gasteiger partial charge on any atom is 0.254 e. The lowest BCUT2D eigenvalue weighted by Crippen LogP contribution is -2.59. The second-order valence-corrected chi connectivity index (χ2v) is 7.76. The van der Waals surface area contributed by atoms with Crippen LogP contribution in [0, 0.1) is 11.7 Å². The number of hydrogen-bond donors (Lipinski definition) is 0. The Morgan fingerprint density at radius 2 is 1.57 bits per heavy atom. The maximum absolute atomic E-state index is 13.1. The number of rotatable bonds is 3. The third-order valence-electron chi connectivity index (χ3n) is 5.92. The molecular formula is C22H22FN3O4. The van der Waals surface area contributed by atoms with Crippen molar-refractivity contribution in [3.63, 3.8) is 0 Å². The fraction of sp³-hybridized carbons (Fsp3) is 0.364. The topological polar surface area (TPSA) is 62.3 Å². The molecule has 156 valence electrons. The molecule has 3 aliphatic rings. The quantitative estimate of drug-likeness (QED) is 0.773. The Morgan fingerprint density at radius 3 is 2.30 bits per heavy atom. The number of fused-ring (bicyclic) bond motifs is 1. The number of likely N-dealkylation sites (tertiary alicyclic amines) is 1. The molecule has 0 spiro atoms. The van der Waals surface area contributed by atoms with Crippen molar-refractivity contribution >= 4 is 17.5 Å². The summed E-state index contributed by atoms with van der Waals surface area (Å²) in [7, 11) is 0. The fourth-order valence-corrected chi connectivity index (χ4v) is 4.11. The number of carbonyl (C=O) groups excluding carboxylic acids is 2. The number of piperazine rings is 1. The Bertz CT molecular complexity index is 967. The third kappa shape index (κ3) is 3.42. The minimum atomic E-state index is -0.252. The van der Waals surface area contributed by atoms with Crippen LogP contribution in [0.1, 0.15) is 10.4 Å². The van der Waals surface area contributed by atoms with E-state index in [-0.39, 0.29) is 30.3 Å². The summed E-state index contributed by atoms with van der Waals surface area (Å²) < 4.78 is 23.7. The lowest BCUT2D eigenvalue weighted by Gasteiger charge is -2.43. The van der Waals surface area contributed by atoms with Crippen LogP contribution in [-0.4, -0.2) is 67.7 Å². The van der Waals surface area contributed by atoms with Gasteiger partial charge in [-0.2, -0.15) is 0 Å². The highest BCUT2D eigenvalue weighted by Gasteiger charge is 2.39. The molecule has 2 amide bonds. The van der Waals surface area contributed by atoms with Crippen molar-refractivity contribution < 1.29 is 23.5 Å². The van der Waals surface area contributed by atoms with E-state index in [1.165, 1.54) is 12.1 Å². The lowest BCUT2D eigenvalue weighted by molar-refractivity contribution is -0.140. The summed E-state index contributed by atoms with van der Waals surface area (Å²) in [5, 5.41) is 0. The van der Waals surface area contributed by atoms with E-state index < -0.39 is 0 Å². The highest BCUT2D eigenvalue weighted by atomic mass is 19.1. The lowest BCUT2D eigenvalue weighted by atomic mass is 9.96. The van der Waals surface area contributed by atoms with Gasteiger partial charge in [-0.25, -0.2) is 4.39 Å². The van der Waals surface area contributed by atoms with Crippen LogP contribution in [0.5, 0.6) is 11.5 Å². The molecule has 0 N–H and O–H groups in total. The number of anilines is 1. The number of hydrogen-bond acceptors (Lipinski definition) is 5. The molecule has 2 saturated heterocycles. The summed E-state index contributed by atoms with van der Waals surface area (Å²) in [6, 6.07) is 11.6. The van der Waals surface area contributed by atoms with Gasteiger partial charge < -0.3 is 24.2 Å². The first kappa shape index (κ1) is 18.7. The zero-order valence-electron chi connectivity index (χ0n) is 16.4.